The number of hydrogen-bond donors (Lipinski definition) is 0. The SMILES string of the molecule is CC1(C)Cc2cc(-c3ccccc3)ccc2O1. The summed E-state index contributed by atoms with van der Waals surface area (Å²) in [7, 11) is 0. The van der Waals surface area contributed by atoms with Crippen LogP contribution in [0.2, 0.25) is 0 Å². The first kappa shape index (κ1) is 10.4. The molecule has 0 amide bonds. The highest BCUT2D eigenvalue weighted by atomic mass is 16.5. The summed E-state index contributed by atoms with van der Waals surface area (Å²) in [6.45, 7) is 4.27. The highest BCUT2D eigenvalue weighted by molar-refractivity contribution is 5.66. The van der Waals surface area contributed by atoms with Gasteiger partial charge in [0.25, 0.3) is 0 Å². The van der Waals surface area contributed by atoms with E-state index in [0.29, 0.717) is 0 Å². The Balaban J connectivity index is 2.02. The minimum absolute atomic E-state index is 0.0579. The van der Waals surface area contributed by atoms with E-state index in [0.717, 1.165) is 12.2 Å². The summed E-state index contributed by atoms with van der Waals surface area (Å²) in [6.07, 6.45) is 0.989. The quantitative estimate of drug-likeness (QED) is 0.709. The molecule has 86 valence electrons. The third kappa shape index (κ3) is 1.93. The fraction of sp³-hybridized carbons (Fsp3) is 0.250. The lowest BCUT2D eigenvalue weighted by atomic mass is 9.98. The molecule has 1 aliphatic rings. The Bertz CT molecular complexity index is 541. The van der Waals surface area contributed by atoms with Crippen LogP contribution < -0.4 is 4.74 Å². The summed E-state index contributed by atoms with van der Waals surface area (Å²) in [5, 5.41) is 0. The molecule has 0 N–H and O–H groups in total. The summed E-state index contributed by atoms with van der Waals surface area (Å²) in [4.78, 5) is 0. The highest BCUT2D eigenvalue weighted by Gasteiger charge is 2.29. The molecule has 0 spiro atoms. The van der Waals surface area contributed by atoms with Gasteiger partial charge in [0.1, 0.15) is 11.4 Å². The third-order valence-corrected chi connectivity index (χ3v) is 3.17. The Hall–Kier alpha value is -1.76. The van der Waals surface area contributed by atoms with Gasteiger partial charge in [0, 0.05) is 6.42 Å². The van der Waals surface area contributed by atoms with Gasteiger partial charge in [-0.15, -0.1) is 0 Å². The van der Waals surface area contributed by atoms with Crippen molar-refractivity contribution in [3.63, 3.8) is 0 Å². The smallest absolute Gasteiger partial charge is 0.123 e. The van der Waals surface area contributed by atoms with Crippen molar-refractivity contribution in [2.75, 3.05) is 0 Å². The zero-order valence-electron chi connectivity index (χ0n) is 10.2. The van der Waals surface area contributed by atoms with Crippen LogP contribution in [0.3, 0.4) is 0 Å². The van der Waals surface area contributed by atoms with Crippen LogP contribution in [0.5, 0.6) is 5.75 Å². The fourth-order valence-electron chi connectivity index (χ4n) is 2.42. The monoisotopic (exact) mass is 224 g/mol. The van der Waals surface area contributed by atoms with E-state index in [9.17, 15) is 0 Å². The zero-order chi connectivity index (χ0) is 11.9. The summed E-state index contributed by atoms with van der Waals surface area (Å²) in [6, 6.07) is 16.9. The van der Waals surface area contributed by atoms with E-state index in [1.54, 1.807) is 0 Å². The van der Waals surface area contributed by atoms with Gasteiger partial charge in [-0.3, -0.25) is 0 Å². The largest absolute Gasteiger partial charge is 0.487 e. The second-order valence-electron chi connectivity index (χ2n) is 5.23. The molecule has 1 aliphatic heterocycles. The molecular formula is C16H16O. The third-order valence-electron chi connectivity index (χ3n) is 3.17. The van der Waals surface area contributed by atoms with Crippen molar-refractivity contribution in [3.8, 4) is 16.9 Å². The first-order valence-electron chi connectivity index (χ1n) is 6.01. The van der Waals surface area contributed by atoms with Gasteiger partial charge in [0.2, 0.25) is 0 Å². The predicted octanol–water partition coefficient (Wildman–Crippen LogP) is 4.07. The lowest BCUT2D eigenvalue weighted by molar-refractivity contribution is 0.138. The normalized spacial score (nSPS) is 16.4. The first-order chi connectivity index (χ1) is 8.14. The minimum atomic E-state index is -0.0579. The second kappa shape index (κ2) is 3.63. The maximum absolute atomic E-state index is 5.89. The lowest BCUT2D eigenvalue weighted by Crippen LogP contribution is -2.24. The van der Waals surface area contributed by atoms with Gasteiger partial charge in [0.05, 0.1) is 0 Å². The molecular weight excluding hydrogens is 208 g/mol. The molecule has 2 aromatic rings. The Morgan fingerprint density at radius 1 is 0.941 bits per heavy atom. The molecule has 0 aliphatic carbocycles. The fourth-order valence-corrected chi connectivity index (χ4v) is 2.42. The van der Waals surface area contributed by atoms with Crippen LogP contribution in [0.4, 0.5) is 0 Å². The van der Waals surface area contributed by atoms with Crippen molar-refractivity contribution in [1.29, 1.82) is 0 Å². The number of rotatable bonds is 1. The van der Waals surface area contributed by atoms with Crippen LogP contribution in [0.15, 0.2) is 48.5 Å². The Morgan fingerprint density at radius 2 is 1.71 bits per heavy atom. The Kier molecular flexibility index (Phi) is 2.22. The number of hydrogen-bond acceptors (Lipinski definition) is 1. The van der Waals surface area contributed by atoms with Gasteiger partial charge in [-0.2, -0.15) is 0 Å². The number of benzene rings is 2. The summed E-state index contributed by atoms with van der Waals surface area (Å²) in [5.41, 5.74) is 3.79. The Labute approximate surface area is 102 Å². The molecule has 0 fully saturated rings. The molecule has 0 saturated carbocycles. The molecule has 0 saturated heterocycles. The molecule has 0 atom stereocenters. The first-order valence-corrected chi connectivity index (χ1v) is 6.01. The van der Waals surface area contributed by atoms with E-state index < -0.39 is 0 Å². The molecule has 3 rings (SSSR count). The van der Waals surface area contributed by atoms with Gasteiger partial charge in [-0.25, -0.2) is 0 Å². The van der Waals surface area contributed by atoms with Gasteiger partial charge >= 0.3 is 0 Å². The maximum atomic E-state index is 5.89. The van der Waals surface area contributed by atoms with E-state index in [4.69, 9.17) is 4.74 Å². The Morgan fingerprint density at radius 3 is 2.47 bits per heavy atom. The zero-order valence-corrected chi connectivity index (χ0v) is 10.2. The van der Waals surface area contributed by atoms with E-state index in [1.807, 2.05) is 6.07 Å². The van der Waals surface area contributed by atoms with Crippen LogP contribution in [-0.4, -0.2) is 5.60 Å². The van der Waals surface area contributed by atoms with Crippen LogP contribution >= 0.6 is 0 Å². The molecule has 17 heavy (non-hydrogen) atoms. The van der Waals surface area contributed by atoms with E-state index in [2.05, 4.69) is 56.3 Å². The number of ether oxygens (including phenoxy) is 1. The average molecular weight is 224 g/mol. The second-order valence-corrected chi connectivity index (χ2v) is 5.23. The topological polar surface area (TPSA) is 9.23 Å². The molecule has 0 bridgehead atoms. The minimum Gasteiger partial charge on any atom is -0.487 e. The van der Waals surface area contributed by atoms with Crippen molar-refractivity contribution >= 4 is 0 Å². The van der Waals surface area contributed by atoms with Crippen LogP contribution in [-0.2, 0) is 6.42 Å². The highest BCUT2D eigenvalue weighted by Crippen LogP contribution is 2.37. The predicted molar refractivity (Wildman–Crippen MR) is 70.3 cm³/mol. The van der Waals surface area contributed by atoms with Crippen molar-refractivity contribution in [2.45, 2.75) is 25.9 Å². The standard InChI is InChI=1S/C16H16O/c1-16(2)11-14-10-13(8-9-15(14)17-16)12-6-4-3-5-7-12/h3-10H,11H2,1-2H3. The van der Waals surface area contributed by atoms with Crippen LogP contribution in [0, 0.1) is 0 Å². The van der Waals surface area contributed by atoms with Gasteiger partial charge < -0.3 is 4.74 Å². The van der Waals surface area contributed by atoms with Crippen molar-refractivity contribution in [3.05, 3.63) is 54.1 Å². The lowest BCUT2D eigenvalue weighted by Gasteiger charge is -2.16. The van der Waals surface area contributed by atoms with Gasteiger partial charge in [0.15, 0.2) is 0 Å². The van der Waals surface area contributed by atoms with Crippen molar-refractivity contribution in [2.24, 2.45) is 0 Å². The number of fused-ring (bicyclic) bond motifs is 1. The molecule has 1 heteroatoms. The molecule has 0 radical (unpaired) electrons. The summed E-state index contributed by atoms with van der Waals surface area (Å²) in [5.74, 6) is 1.04. The van der Waals surface area contributed by atoms with Gasteiger partial charge in [-0.05, 0) is 42.7 Å². The summed E-state index contributed by atoms with van der Waals surface area (Å²) >= 11 is 0. The molecule has 0 unspecified atom stereocenters. The van der Waals surface area contributed by atoms with Crippen molar-refractivity contribution in [1.82, 2.24) is 0 Å². The van der Waals surface area contributed by atoms with Crippen molar-refractivity contribution < 1.29 is 4.74 Å². The average Bonchev–Trinajstić information content (AvgIpc) is 2.63. The molecule has 1 nitrogen and oxygen atoms in total. The molecule has 2 aromatic carbocycles. The molecule has 0 aromatic heterocycles. The molecule has 1 heterocycles. The summed E-state index contributed by atoms with van der Waals surface area (Å²) < 4.78 is 5.89. The van der Waals surface area contributed by atoms with E-state index in [-0.39, 0.29) is 5.60 Å². The van der Waals surface area contributed by atoms with Crippen LogP contribution in [0.1, 0.15) is 19.4 Å². The van der Waals surface area contributed by atoms with E-state index >= 15 is 0 Å². The van der Waals surface area contributed by atoms with Crippen LogP contribution in [0.25, 0.3) is 11.1 Å². The van der Waals surface area contributed by atoms with Gasteiger partial charge in [-0.1, -0.05) is 36.4 Å². The van der Waals surface area contributed by atoms with E-state index in [1.165, 1.54) is 16.7 Å². The maximum Gasteiger partial charge on any atom is 0.123 e.